The number of carboxylic acids is 1. The highest BCUT2D eigenvalue weighted by Crippen LogP contribution is 2.35. The van der Waals surface area contributed by atoms with Crippen molar-refractivity contribution in [1.29, 1.82) is 0 Å². The van der Waals surface area contributed by atoms with Crippen molar-refractivity contribution in [2.75, 3.05) is 5.75 Å². The SMILES string of the molecule is N[C@H]1CC(SCC(=O)O)SC1=O. The highest BCUT2D eigenvalue weighted by Gasteiger charge is 2.31. The Labute approximate surface area is 78.3 Å². The second-order valence-electron chi connectivity index (χ2n) is 2.41. The molecular weight excluding hydrogens is 198 g/mol. The molecule has 1 saturated heterocycles. The number of carbonyl (C=O) groups excluding carboxylic acids is 1. The van der Waals surface area contributed by atoms with Crippen LogP contribution in [0.4, 0.5) is 0 Å². The molecule has 1 aliphatic rings. The van der Waals surface area contributed by atoms with E-state index in [0.717, 1.165) is 11.8 Å². The summed E-state index contributed by atoms with van der Waals surface area (Å²) in [4.78, 5) is 21.1. The number of aliphatic carboxylic acids is 1. The van der Waals surface area contributed by atoms with Crippen LogP contribution in [0.2, 0.25) is 0 Å². The molecule has 0 aromatic rings. The van der Waals surface area contributed by atoms with Gasteiger partial charge in [-0.15, -0.1) is 11.8 Å². The number of carbonyl (C=O) groups is 2. The van der Waals surface area contributed by atoms with E-state index in [1.807, 2.05) is 0 Å². The van der Waals surface area contributed by atoms with Gasteiger partial charge in [-0.3, -0.25) is 9.59 Å². The molecule has 0 aliphatic carbocycles. The van der Waals surface area contributed by atoms with Crippen molar-refractivity contribution >= 4 is 34.6 Å². The second-order valence-corrected chi connectivity index (χ2v) is 5.11. The molecular formula is C6H9NO3S2. The van der Waals surface area contributed by atoms with E-state index in [4.69, 9.17) is 10.8 Å². The maximum Gasteiger partial charge on any atom is 0.313 e. The summed E-state index contributed by atoms with van der Waals surface area (Å²) < 4.78 is 0.0311. The van der Waals surface area contributed by atoms with E-state index in [-0.39, 0.29) is 15.5 Å². The largest absolute Gasteiger partial charge is 0.481 e. The molecule has 0 amide bonds. The van der Waals surface area contributed by atoms with Gasteiger partial charge in [0, 0.05) is 0 Å². The Morgan fingerprint density at radius 1 is 1.83 bits per heavy atom. The average molecular weight is 207 g/mol. The van der Waals surface area contributed by atoms with Crippen LogP contribution in [0, 0.1) is 0 Å². The molecule has 12 heavy (non-hydrogen) atoms. The third-order valence-corrected chi connectivity index (χ3v) is 4.05. The molecule has 1 unspecified atom stereocenters. The molecule has 1 rings (SSSR count). The molecule has 68 valence electrons. The normalized spacial score (nSPS) is 29.2. The Balaban J connectivity index is 2.28. The van der Waals surface area contributed by atoms with Crippen molar-refractivity contribution in [3.05, 3.63) is 0 Å². The van der Waals surface area contributed by atoms with E-state index in [1.165, 1.54) is 11.8 Å². The van der Waals surface area contributed by atoms with Crippen LogP contribution in [0.1, 0.15) is 6.42 Å². The molecule has 1 heterocycles. The number of hydrogen-bond donors (Lipinski definition) is 2. The minimum atomic E-state index is -0.853. The minimum Gasteiger partial charge on any atom is -0.481 e. The van der Waals surface area contributed by atoms with Crippen LogP contribution >= 0.6 is 23.5 Å². The van der Waals surface area contributed by atoms with Crippen LogP contribution in [-0.4, -0.2) is 32.6 Å². The first kappa shape index (κ1) is 9.88. The Kier molecular flexibility index (Phi) is 3.42. The van der Waals surface area contributed by atoms with Gasteiger partial charge in [0.25, 0.3) is 0 Å². The van der Waals surface area contributed by atoms with Crippen molar-refractivity contribution in [2.45, 2.75) is 17.0 Å². The van der Waals surface area contributed by atoms with Gasteiger partial charge in [-0.2, -0.15) is 0 Å². The minimum absolute atomic E-state index is 0.0297. The molecule has 1 fully saturated rings. The van der Waals surface area contributed by atoms with Gasteiger partial charge >= 0.3 is 5.97 Å². The first-order valence-electron chi connectivity index (χ1n) is 3.39. The Hall–Kier alpha value is -0.200. The molecule has 1 aliphatic heterocycles. The van der Waals surface area contributed by atoms with Gasteiger partial charge in [-0.1, -0.05) is 11.8 Å². The molecule has 0 bridgehead atoms. The van der Waals surface area contributed by atoms with E-state index in [1.54, 1.807) is 0 Å². The Morgan fingerprint density at radius 2 is 2.50 bits per heavy atom. The molecule has 2 atom stereocenters. The topological polar surface area (TPSA) is 80.4 Å². The van der Waals surface area contributed by atoms with Gasteiger partial charge in [-0.25, -0.2) is 0 Å². The monoisotopic (exact) mass is 207 g/mol. The van der Waals surface area contributed by atoms with Crippen molar-refractivity contribution in [1.82, 2.24) is 0 Å². The average Bonchev–Trinajstić information content (AvgIpc) is 2.28. The van der Waals surface area contributed by atoms with E-state index in [2.05, 4.69) is 0 Å². The predicted molar refractivity (Wildman–Crippen MR) is 49.1 cm³/mol. The zero-order chi connectivity index (χ0) is 9.14. The zero-order valence-electron chi connectivity index (χ0n) is 6.23. The van der Waals surface area contributed by atoms with Crippen LogP contribution in [0.25, 0.3) is 0 Å². The lowest BCUT2D eigenvalue weighted by molar-refractivity contribution is -0.133. The molecule has 4 nitrogen and oxygen atoms in total. The zero-order valence-corrected chi connectivity index (χ0v) is 7.86. The predicted octanol–water partition coefficient (Wildman–Crippen LogP) is 0.121. The summed E-state index contributed by atoms with van der Waals surface area (Å²) in [5.74, 6) is -0.814. The Morgan fingerprint density at radius 3 is 2.92 bits per heavy atom. The van der Waals surface area contributed by atoms with Crippen LogP contribution in [0.15, 0.2) is 0 Å². The lowest BCUT2D eigenvalue weighted by Gasteiger charge is -2.03. The number of rotatable bonds is 3. The molecule has 0 aromatic heterocycles. The molecule has 3 N–H and O–H groups in total. The fourth-order valence-corrected chi connectivity index (χ4v) is 3.10. The summed E-state index contributed by atoms with van der Waals surface area (Å²) in [5.41, 5.74) is 5.44. The highest BCUT2D eigenvalue weighted by atomic mass is 32.2. The quantitative estimate of drug-likeness (QED) is 0.684. The summed E-state index contributed by atoms with van der Waals surface area (Å²) in [7, 11) is 0. The molecule has 6 heteroatoms. The lowest BCUT2D eigenvalue weighted by atomic mass is 10.3. The number of hydrogen-bond acceptors (Lipinski definition) is 5. The van der Waals surface area contributed by atoms with Gasteiger partial charge in [0.05, 0.1) is 16.4 Å². The third kappa shape index (κ3) is 2.69. The first-order valence-corrected chi connectivity index (χ1v) is 5.32. The van der Waals surface area contributed by atoms with E-state index in [9.17, 15) is 9.59 Å². The number of carboxylic acid groups (broad SMARTS) is 1. The standard InChI is InChI=1S/C6H9NO3S2/c7-3-1-5(12-6(3)10)11-2-4(8)9/h3,5H,1-2,7H2,(H,8,9)/t3-,5?/m0/s1. The lowest BCUT2D eigenvalue weighted by Crippen LogP contribution is -2.23. The van der Waals surface area contributed by atoms with Crippen molar-refractivity contribution in [3.8, 4) is 0 Å². The van der Waals surface area contributed by atoms with E-state index < -0.39 is 12.0 Å². The molecule has 0 saturated carbocycles. The smallest absolute Gasteiger partial charge is 0.313 e. The number of nitrogens with two attached hydrogens (primary N) is 1. The Bertz CT molecular complexity index is 209. The summed E-state index contributed by atoms with van der Waals surface area (Å²) >= 11 is 2.41. The van der Waals surface area contributed by atoms with E-state index in [0.29, 0.717) is 6.42 Å². The second kappa shape index (κ2) is 4.15. The van der Waals surface area contributed by atoms with Crippen LogP contribution in [0.5, 0.6) is 0 Å². The third-order valence-electron chi connectivity index (χ3n) is 1.39. The van der Waals surface area contributed by atoms with Gasteiger partial charge < -0.3 is 10.8 Å². The fourth-order valence-electron chi connectivity index (χ4n) is 0.835. The van der Waals surface area contributed by atoms with Gasteiger partial charge in [0.1, 0.15) is 0 Å². The van der Waals surface area contributed by atoms with Gasteiger partial charge in [-0.05, 0) is 6.42 Å². The van der Waals surface area contributed by atoms with Gasteiger partial charge in [0.2, 0.25) is 5.12 Å². The summed E-state index contributed by atoms with van der Waals surface area (Å²) in [6.45, 7) is 0. The van der Waals surface area contributed by atoms with Crippen LogP contribution in [0.3, 0.4) is 0 Å². The fraction of sp³-hybridized carbons (Fsp3) is 0.667. The summed E-state index contributed by atoms with van der Waals surface area (Å²) in [6.07, 6.45) is 0.585. The van der Waals surface area contributed by atoms with Crippen molar-refractivity contribution < 1.29 is 14.7 Å². The molecule has 0 radical (unpaired) electrons. The van der Waals surface area contributed by atoms with Crippen LogP contribution < -0.4 is 5.73 Å². The first-order chi connectivity index (χ1) is 5.59. The summed E-state index contributed by atoms with van der Waals surface area (Å²) in [5, 5.41) is 8.33. The van der Waals surface area contributed by atoms with Crippen molar-refractivity contribution in [2.24, 2.45) is 5.73 Å². The maximum absolute atomic E-state index is 10.9. The number of thioether (sulfide) groups is 2. The molecule has 0 aromatic carbocycles. The summed E-state index contributed by atoms with van der Waals surface area (Å²) in [6, 6.07) is -0.402. The maximum atomic E-state index is 10.9. The highest BCUT2D eigenvalue weighted by molar-refractivity contribution is 8.25. The van der Waals surface area contributed by atoms with E-state index >= 15 is 0 Å². The van der Waals surface area contributed by atoms with Crippen LogP contribution in [-0.2, 0) is 9.59 Å². The van der Waals surface area contributed by atoms with Gasteiger partial charge in [0.15, 0.2) is 0 Å². The molecule has 0 spiro atoms. The van der Waals surface area contributed by atoms with Crippen molar-refractivity contribution in [3.63, 3.8) is 0 Å².